The molecule has 0 aliphatic heterocycles. The highest BCUT2D eigenvalue weighted by molar-refractivity contribution is 6.06. The number of hydrogen-bond acceptors (Lipinski definition) is 6. The summed E-state index contributed by atoms with van der Waals surface area (Å²) in [6, 6.07) is 4.65. The molecule has 0 radical (unpaired) electrons. The lowest BCUT2D eigenvalue weighted by molar-refractivity contribution is -0.274. The molecule has 0 saturated carbocycles. The molecule has 3 N–H and O–H groups in total. The van der Waals surface area contributed by atoms with E-state index < -0.39 is 71.3 Å². The largest absolute Gasteiger partial charge is 0.573 e. The molecular formula is C22H14F7N3O5. The van der Waals surface area contributed by atoms with E-state index in [1.54, 1.807) is 0 Å². The monoisotopic (exact) mass is 536 g/mol. The molecule has 0 fully saturated rings. The van der Waals surface area contributed by atoms with Crippen molar-refractivity contribution in [2.75, 3.05) is 12.4 Å². The fourth-order valence-electron chi connectivity index (χ4n) is 2.85. The second-order valence-electron chi connectivity index (χ2n) is 6.91. The number of methoxy groups -OCH3 is 1. The molecule has 0 aliphatic carbocycles. The third-order valence-electron chi connectivity index (χ3n) is 4.39. The van der Waals surface area contributed by atoms with Gasteiger partial charge in [0.15, 0.2) is 17.3 Å². The molecular weight excluding hydrogens is 519 g/mol. The van der Waals surface area contributed by atoms with Crippen LogP contribution in [0.2, 0.25) is 0 Å². The lowest BCUT2D eigenvalue weighted by atomic mass is 10.1. The molecule has 2 amide bonds. The molecule has 196 valence electrons. The van der Waals surface area contributed by atoms with Gasteiger partial charge in [-0.15, -0.1) is 13.2 Å². The van der Waals surface area contributed by atoms with E-state index in [0.29, 0.717) is 24.3 Å². The van der Waals surface area contributed by atoms with Crippen molar-refractivity contribution in [3.05, 3.63) is 71.3 Å². The zero-order valence-corrected chi connectivity index (χ0v) is 17.8. The molecule has 3 aromatic rings. The first kappa shape index (κ1) is 22.9. The van der Waals surface area contributed by atoms with Gasteiger partial charge in [0.1, 0.15) is 22.8 Å². The Hall–Kier alpha value is -4.56. The van der Waals surface area contributed by atoms with Gasteiger partial charge in [-0.05, 0) is 36.4 Å². The maximum absolute atomic E-state index is 15.1. The summed E-state index contributed by atoms with van der Waals surface area (Å²) in [5, 5.41) is 2.05. The molecule has 0 bridgehead atoms. The Morgan fingerprint density at radius 2 is 1.70 bits per heavy atom. The number of halogens is 7. The van der Waals surface area contributed by atoms with E-state index in [1.807, 2.05) is 0 Å². The number of nitrogens with one attached hydrogen (secondary N) is 1. The van der Waals surface area contributed by atoms with Crippen LogP contribution in [0.25, 0.3) is 0 Å². The van der Waals surface area contributed by atoms with Crippen molar-refractivity contribution in [3.8, 4) is 23.0 Å². The highest BCUT2D eigenvalue weighted by atomic mass is 19.4. The molecule has 0 atom stereocenters. The van der Waals surface area contributed by atoms with Gasteiger partial charge in [-0.2, -0.15) is 13.2 Å². The summed E-state index contributed by atoms with van der Waals surface area (Å²) in [6.07, 6.45) is -9.56. The van der Waals surface area contributed by atoms with Crippen molar-refractivity contribution in [3.63, 3.8) is 0 Å². The van der Waals surface area contributed by atoms with Gasteiger partial charge in [0, 0.05) is 6.07 Å². The van der Waals surface area contributed by atoms with E-state index in [1.165, 1.54) is 0 Å². The third kappa shape index (κ3) is 6.56. The number of ether oxygens (including phenoxy) is 3. The number of carbonyl (C=O) groups excluding carboxylic acids is 2. The highest BCUT2D eigenvalue weighted by Crippen LogP contribution is 2.40. The predicted molar refractivity (Wildman–Crippen MR) is 112 cm³/mol. The molecule has 3 rings (SSSR count). The summed E-state index contributed by atoms with van der Waals surface area (Å²) in [5.41, 5.74) is 1.40. The quantitative estimate of drug-likeness (QED) is 0.397. The molecule has 0 aliphatic rings. The van der Waals surface area contributed by atoms with Crippen LogP contribution in [0.5, 0.6) is 23.0 Å². The standard InChI is InChI=1S/C22H14F7N3O5/c1-35-16-8-11(37-22(27,28)29)3-6-14(16)36-15-7-4-12(21(24,25)26)18(23)17(15)20(34)32-10-2-5-13(19(30)33)31-9-10/h2-9H,1H3,(H2,30,33)(H,32,34)/i1D3. The minimum atomic E-state index is -5.27. The number of benzene rings is 2. The molecule has 37 heavy (non-hydrogen) atoms. The summed E-state index contributed by atoms with van der Waals surface area (Å²) in [5.74, 6) is -8.06. The SMILES string of the molecule is [2H]C([2H])([2H])Oc1cc(OC(F)(F)F)ccc1Oc1ccc(C(F)(F)F)c(F)c1C(=O)Nc1ccc(C(N)=O)nc1. The van der Waals surface area contributed by atoms with E-state index in [4.69, 9.17) is 14.6 Å². The van der Waals surface area contributed by atoms with E-state index in [9.17, 15) is 35.9 Å². The van der Waals surface area contributed by atoms with Gasteiger partial charge >= 0.3 is 12.5 Å². The van der Waals surface area contributed by atoms with Crippen LogP contribution < -0.4 is 25.3 Å². The Labute approximate surface area is 207 Å². The molecule has 0 saturated heterocycles. The highest BCUT2D eigenvalue weighted by Gasteiger charge is 2.38. The van der Waals surface area contributed by atoms with Gasteiger partial charge in [-0.25, -0.2) is 9.37 Å². The molecule has 2 aromatic carbocycles. The molecule has 1 aromatic heterocycles. The van der Waals surface area contributed by atoms with Crippen LogP contribution in [0.1, 0.15) is 30.5 Å². The van der Waals surface area contributed by atoms with Gasteiger partial charge in [0.05, 0.1) is 28.6 Å². The van der Waals surface area contributed by atoms with Crippen LogP contribution in [-0.4, -0.2) is 30.2 Å². The molecule has 1 heterocycles. The number of hydrogen-bond donors (Lipinski definition) is 2. The minimum Gasteiger partial charge on any atom is -0.493 e. The predicted octanol–water partition coefficient (Wildman–Crippen LogP) is 5.29. The number of amides is 2. The Morgan fingerprint density at radius 3 is 2.27 bits per heavy atom. The van der Waals surface area contributed by atoms with Gasteiger partial charge < -0.3 is 25.3 Å². The Balaban J connectivity index is 2.08. The van der Waals surface area contributed by atoms with Crippen LogP contribution in [0.4, 0.5) is 36.4 Å². The number of nitrogens with two attached hydrogens (primary N) is 1. The molecule has 8 nitrogen and oxygen atoms in total. The van der Waals surface area contributed by atoms with Crippen LogP contribution >= 0.6 is 0 Å². The number of alkyl halides is 6. The fraction of sp³-hybridized carbons (Fsp3) is 0.136. The average Bonchev–Trinajstić information content (AvgIpc) is 2.78. The lowest BCUT2D eigenvalue weighted by Gasteiger charge is -2.18. The first-order valence-corrected chi connectivity index (χ1v) is 9.57. The summed E-state index contributed by atoms with van der Waals surface area (Å²) in [4.78, 5) is 27.6. The van der Waals surface area contributed by atoms with Gasteiger partial charge in [-0.1, -0.05) is 0 Å². The molecule has 0 unspecified atom stereocenters. The summed E-state index contributed by atoms with van der Waals surface area (Å²) < 4.78 is 128. The van der Waals surface area contributed by atoms with E-state index in [2.05, 4.69) is 19.8 Å². The first-order chi connectivity index (χ1) is 18.3. The third-order valence-corrected chi connectivity index (χ3v) is 4.39. The zero-order chi connectivity index (χ0) is 30.0. The Kier molecular flexibility index (Phi) is 6.31. The number of carbonyl (C=O) groups is 2. The second kappa shape index (κ2) is 10.2. The number of rotatable bonds is 7. The van der Waals surface area contributed by atoms with Crippen molar-refractivity contribution < 1.29 is 58.6 Å². The van der Waals surface area contributed by atoms with E-state index in [0.717, 1.165) is 18.3 Å². The van der Waals surface area contributed by atoms with Crippen molar-refractivity contribution in [1.29, 1.82) is 0 Å². The topological polar surface area (TPSA) is 113 Å². The first-order valence-electron chi connectivity index (χ1n) is 11.1. The minimum absolute atomic E-state index is 0.210. The lowest BCUT2D eigenvalue weighted by Crippen LogP contribution is -2.19. The average molecular weight is 536 g/mol. The maximum Gasteiger partial charge on any atom is 0.573 e. The fourth-order valence-corrected chi connectivity index (χ4v) is 2.85. The Bertz CT molecular complexity index is 1430. The van der Waals surface area contributed by atoms with E-state index in [-0.39, 0.29) is 17.4 Å². The van der Waals surface area contributed by atoms with Gasteiger partial charge in [-0.3, -0.25) is 9.59 Å². The number of nitrogens with zero attached hydrogens (tertiary/aromatic N) is 1. The summed E-state index contributed by atoms with van der Waals surface area (Å²) in [7, 11) is -3.26. The summed E-state index contributed by atoms with van der Waals surface area (Å²) in [6.45, 7) is 0. The van der Waals surface area contributed by atoms with Crippen molar-refractivity contribution >= 4 is 17.5 Å². The number of aromatic nitrogens is 1. The van der Waals surface area contributed by atoms with Gasteiger partial charge in [0.25, 0.3) is 11.8 Å². The number of primary amides is 1. The van der Waals surface area contributed by atoms with Crippen molar-refractivity contribution in [2.24, 2.45) is 5.73 Å². The van der Waals surface area contributed by atoms with Crippen LogP contribution in [0.3, 0.4) is 0 Å². The zero-order valence-electron chi connectivity index (χ0n) is 20.8. The second-order valence-corrected chi connectivity index (χ2v) is 6.91. The van der Waals surface area contributed by atoms with Gasteiger partial charge in [0.2, 0.25) is 0 Å². The molecule has 0 spiro atoms. The molecule has 15 heteroatoms. The number of pyridine rings is 1. The van der Waals surface area contributed by atoms with Crippen LogP contribution in [0, 0.1) is 5.82 Å². The van der Waals surface area contributed by atoms with Crippen molar-refractivity contribution in [2.45, 2.75) is 12.5 Å². The van der Waals surface area contributed by atoms with Crippen LogP contribution in [-0.2, 0) is 6.18 Å². The van der Waals surface area contributed by atoms with Crippen LogP contribution in [0.15, 0.2) is 48.7 Å². The van der Waals surface area contributed by atoms with Crippen molar-refractivity contribution in [1.82, 2.24) is 4.98 Å². The normalized spacial score (nSPS) is 13.1. The summed E-state index contributed by atoms with van der Waals surface area (Å²) >= 11 is 0. The smallest absolute Gasteiger partial charge is 0.493 e. The number of anilines is 1. The maximum atomic E-state index is 15.1. The van der Waals surface area contributed by atoms with E-state index >= 15 is 4.39 Å². The Morgan fingerprint density at radius 1 is 1.00 bits per heavy atom.